The van der Waals surface area contributed by atoms with Gasteiger partial charge in [-0.3, -0.25) is 14.9 Å². The van der Waals surface area contributed by atoms with Gasteiger partial charge in [-0.05, 0) is 19.8 Å². The normalized spacial score (nSPS) is 19.2. The van der Waals surface area contributed by atoms with Gasteiger partial charge in [0.15, 0.2) is 0 Å². The summed E-state index contributed by atoms with van der Waals surface area (Å²) >= 11 is 0. The van der Waals surface area contributed by atoms with E-state index in [1.807, 2.05) is 14.1 Å². The maximum Gasteiger partial charge on any atom is 0.257 e. The molecule has 0 atom stereocenters. The van der Waals surface area contributed by atoms with E-state index in [0.29, 0.717) is 43.1 Å². The minimum Gasteiger partial charge on any atom is -0.368 e. The van der Waals surface area contributed by atoms with Crippen LogP contribution in [0.2, 0.25) is 0 Å². The summed E-state index contributed by atoms with van der Waals surface area (Å²) in [5.41, 5.74) is 5.76. The van der Waals surface area contributed by atoms with E-state index >= 15 is 0 Å². The van der Waals surface area contributed by atoms with Gasteiger partial charge in [0.2, 0.25) is 11.9 Å². The quantitative estimate of drug-likeness (QED) is 0.709. The van der Waals surface area contributed by atoms with Crippen LogP contribution in [0.25, 0.3) is 0 Å². The van der Waals surface area contributed by atoms with Crippen molar-refractivity contribution < 1.29 is 9.59 Å². The number of amides is 2. The molecule has 128 valence electrons. The number of carbonyl (C=O) groups excluding carboxylic acids is 2. The zero-order valence-electron chi connectivity index (χ0n) is 14.0. The first-order valence-corrected chi connectivity index (χ1v) is 7.79. The van der Waals surface area contributed by atoms with Gasteiger partial charge in [0.05, 0.1) is 11.3 Å². The Morgan fingerprint density at radius 1 is 1.38 bits per heavy atom. The lowest BCUT2D eigenvalue weighted by atomic mass is 9.88. The molecule has 3 N–H and O–H groups in total. The van der Waals surface area contributed by atoms with Gasteiger partial charge in [-0.15, -0.1) is 0 Å². The first kappa shape index (κ1) is 16.2. The fourth-order valence-corrected chi connectivity index (χ4v) is 3.00. The lowest BCUT2D eigenvalue weighted by Gasteiger charge is -2.35. The number of hydrogen-bond acceptors (Lipinski definition) is 7. The summed E-state index contributed by atoms with van der Waals surface area (Å²) < 4.78 is 0. The van der Waals surface area contributed by atoms with Gasteiger partial charge in [0.25, 0.3) is 11.8 Å². The highest BCUT2D eigenvalue weighted by Crippen LogP contribution is 2.30. The van der Waals surface area contributed by atoms with Gasteiger partial charge in [0.1, 0.15) is 5.54 Å². The van der Waals surface area contributed by atoms with E-state index in [1.54, 1.807) is 16.7 Å². The van der Waals surface area contributed by atoms with Gasteiger partial charge in [-0.2, -0.15) is 0 Å². The Morgan fingerprint density at radius 2 is 2.04 bits per heavy atom. The van der Waals surface area contributed by atoms with Crippen molar-refractivity contribution in [3.8, 4) is 0 Å². The first-order valence-electron chi connectivity index (χ1n) is 7.79. The molecule has 1 saturated heterocycles. The molecule has 2 aliphatic heterocycles. The standard InChI is InChI=1S/C15H21N7O2/c1-9-10(8-17-13(16)18-9)11(23)22-6-4-15(5-7-22)12(24)19-14(20-15)21(2)3/h8H,4-7H2,1-3H3,(H2,16,17,18)(H,19,20,24). The highest BCUT2D eigenvalue weighted by atomic mass is 16.2. The molecule has 0 bridgehead atoms. The molecule has 1 aromatic rings. The number of aliphatic imine (C=N–C) groups is 1. The second-order valence-electron chi connectivity index (χ2n) is 6.34. The molecule has 0 unspecified atom stereocenters. The number of hydrogen-bond donors (Lipinski definition) is 2. The van der Waals surface area contributed by atoms with Crippen LogP contribution in [0.15, 0.2) is 11.2 Å². The van der Waals surface area contributed by atoms with Crippen LogP contribution >= 0.6 is 0 Å². The molecule has 1 aromatic heterocycles. The average molecular weight is 331 g/mol. The van der Waals surface area contributed by atoms with Crippen LogP contribution in [0.3, 0.4) is 0 Å². The topological polar surface area (TPSA) is 117 Å². The number of guanidine groups is 1. The Morgan fingerprint density at radius 3 is 2.58 bits per heavy atom. The summed E-state index contributed by atoms with van der Waals surface area (Å²) in [6, 6.07) is 0. The third-order valence-electron chi connectivity index (χ3n) is 4.50. The van der Waals surface area contributed by atoms with Crippen LogP contribution in [0.5, 0.6) is 0 Å². The fraction of sp³-hybridized carbons (Fsp3) is 0.533. The minimum atomic E-state index is -0.761. The van der Waals surface area contributed by atoms with Gasteiger partial charge >= 0.3 is 0 Å². The Bertz CT molecular complexity index is 721. The van der Waals surface area contributed by atoms with Crippen molar-refractivity contribution in [2.24, 2.45) is 4.99 Å². The van der Waals surface area contributed by atoms with E-state index in [2.05, 4.69) is 20.3 Å². The van der Waals surface area contributed by atoms with Gasteiger partial charge in [-0.25, -0.2) is 15.0 Å². The number of carbonyl (C=O) groups is 2. The van der Waals surface area contributed by atoms with E-state index in [9.17, 15) is 9.59 Å². The van der Waals surface area contributed by atoms with Crippen molar-refractivity contribution in [3.63, 3.8) is 0 Å². The molecule has 0 radical (unpaired) electrons. The van der Waals surface area contributed by atoms with E-state index in [1.165, 1.54) is 6.20 Å². The van der Waals surface area contributed by atoms with E-state index in [4.69, 9.17) is 5.73 Å². The average Bonchev–Trinajstić information content (AvgIpc) is 2.85. The molecule has 0 aliphatic carbocycles. The Labute approximate surface area is 140 Å². The first-order chi connectivity index (χ1) is 11.3. The number of aryl methyl sites for hydroxylation is 1. The van der Waals surface area contributed by atoms with Crippen molar-refractivity contribution in [1.82, 2.24) is 25.1 Å². The van der Waals surface area contributed by atoms with Crippen LogP contribution in [0.4, 0.5) is 5.95 Å². The second kappa shape index (κ2) is 5.73. The SMILES string of the molecule is Cc1nc(N)ncc1C(=O)N1CCC2(CC1)N=C(N(C)C)NC2=O. The van der Waals surface area contributed by atoms with Gasteiger partial charge in [-0.1, -0.05) is 0 Å². The molecular weight excluding hydrogens is 310 g/mol. The number of aromatic nitrogens is 2. The Kier molecular flexibility index (Phi) is 3.86. The number of nitrogens with two attached hydrogens (primary N) is 1. The Hall–Kier alpha value is -2.71. The zero-order chi connectivity index (χ0) is 17.5. The molecule has 2 amide bonds. The predicted molar refractivity (Wildman–Crippen MR) is 88.3 cm³/mol. The molecule has 1 fully saturated rings. The second-order valence-corrected chi connectivity index (χ2v) is 6.34. The summed E-state index contributed by atoms with van der Waals surface area (Å²) in [6.45, 7) is 2.65. The van der Waals surface area contributed by atoms with Gasteiger partial charge in [0, 0.05) is 33.4 Å². The molecule has 3 heterocycles. The minimum absolute atomic E-state index is 0.0923. The van der Waals surface area contributed by atoms with E-state index in [0.717, 1.165) is 0 Å². The number of nitrogens with zero attached hydrogens (tertiary/aromatic N) is 5. The molecule has 1 spiro atoms. The fourth-order valence-electron chi connectivity index (χ4n) is 3.00. The lowest BCUT2D eigenvalue weighted by molar-refractivity contribution is -0.125. The third-order valence-corrected chi connectivity index (χ3v) is 4.50. The summed E-state index contributed by atoms with van der Waals surface area (Å²) in [5, 5.41) is 2.80. The maximum atomic E-state index is 12.6. The number of rotatable bonds is 1. The largest absolute Gasteiger partial charge is 0.368 e. The molecule has 9 heteroatoms. The zero-order valence-corrected chi connectivity index (χ0v) is 14.0. The van der Waals surface area contributed by atoms with Crippen LogP contribution in [0, 0.1) is 6.92 Å². The van der Waals surface area contributed by atoms with Crippen LogP contribution in [-0.4, -0.2) is 70.3 Å². The number of piperidine rings is 1. The molecule has 2 aliphatic rings. The van der Waals surface area contributed by atoms with E-state index < -0.39 is 5.54 Å². The van der Waals surface area contributed by atoms with Crippen molar-refractivity contribution in [2.45, 2.75) is 25.3 Å². The summed E-state index contributed by atoms with van der Waals surface area (Å²) in [6.07, 6.45) is 2.45. The van der Waals surface area contributed by atoms with E-state index in [-0.39, 0.29) is 17.8 Å². The summed E-state index contributed by atoms with van der Waals surface area (Å²) in [4.78, 5) is 40.9. The monoisotopic (exact) mass is 331 g/mol. The van der Waals surface area contributed by atoms with Crippen molar-refractivity contribution in [1.29, 1.82) is 0 Å². The maximum absolute atomic E-state index is 12.6. The number of anilines is 1. The smallest absolute Gasteiger partial charge is 0.257 e. The lowest BCUT2D eigenvalue weighted by Crippen LogP contribution is -2.50. The third kappa shape index (κ3) is 2.66. The predicted octanol–water partition coefficient (Wildman–Crippen LogP) is -0.611. The van der Waals surface area contributed by atoms with Crippen LogP contribution < -0.4 is 11.1 Å². The highest BCUT2D eigenvalue weighted by molar-refractivity contribution is 6.07. The molecule has 3 rings (SSSR count). The molecule has 9 nitrogen and oxygen atoms in total. The van der Waals surface area contributed by atoms with Crippen LogP contribution in [0.1, 0.15) is 28.9 Å². The summed E-state index contributed by atoms with van der Waals surface area (Å²) in [7, 11) is 3.67. The Balaban J connectivity index is 1.73. The number of nitrogen functional groups attached to an aromatic ring is 1. The molecule has 24 heavy (non-hydrogen) atoms. The number of likely N-dealkylation sites (tertiary alicyclic amines) is 1. The van der Waals surface area contributed by atoms with Crippen molar-refractivity contribution >= 4 is 23.7 Å². The van der Waals surface area contributed by atoms with Crippen molar-refractivity contribution in [3.05, 3.63) is 17.5 Å². The van der Waals surface area contributed by atoms with Crippen molar-refractivity contribution in [2.75, 3.05) is 32.9 Å². The number of nitrogens with one attached hydrogen (secondary N) is 1. The highest BCUT2D eigenvalue weighted by Gasteiger charge is 2.47. The van der Waals surface area contributed by atoms with Gasteiger partial charge < -0.3 is 15.5 Å². The molecular formula is C15H21N7O2. The molecule has 0 saturated carbocycles. The summed E-state index contributed by atoms with van der Waals surface area (Å²) in [5.74, 6) is 0.486. The van der Waals surface area contributed by atoms with Crippen LogP contribution in [-0.2, 0) is 4.79 Å². The molecule has 0 aromatic carbocycles.